The van der Waals surface area contributed by atoms with Crippen LogP contribution in [0.3, 0.4) is 0 Å². The third-order valence-corrected chi connectivity index (χ3v) is 7.01. The Morgan fingerprint density at radius 3 is 2.56 bits per heavy atom. The molecule has 0 spiro atoms. The molecule has 1 atom stereocenters. The van der Waals surface area contributed by atoms with Crippen molar-refractivity contribution in [2.24, 2.45) is 5.92 Å². The first-order valence-corrected chi connectivity index (χ1v) is 10.6. The van der Waals surface area contributed by atoms with Gasteiger partial charge in [0.25, 0.3) is 5.56 Å². The molecule has 2 aromatic rings. The fraction of sp³-hybridized carbons (Fsp3) is 0.368. The third-order valence-electron chi connectivity index (χ3n) is 5.24. The molecule has 1 aromatic heterocycles. The monoisotopic (exact) mass is 390 g/mol. The van der Waals surface area contributed by atoms with Crippen LogP contribution in [0.2, 0.25) is 0 Å². The molecule has 1 fully saturated rings. The van der Waals surface area contributed by atoms with Gasteiger partial charge in [-0.05, 0) is 48.2 Å². The van der Waals surface area contributed by atoms with Crippen LogP contribution >= 0.6 is 0 Å². The Bertz CT molecular complexity index is 1060. The quantitative estimate of drug-likeness (QED) is 0.775. The molecule has 2 aliphatic heterocycles. The minimum absolute atomic E-state index is 0.0674. The number of aromatic nitrogens is 1. The maximum atomic E-state index is 13.1. The van der Waals surface area contributed by atoms with E-state index in [1.54, 1.807) is 17.2 Å². The van der Waals surface area contributed by atoms with Gasteiger partial charge in [0, 0.05) is 31.0 Å². The lowest BCUT2D eigenvalue weighted by Crippen LogP contribution is -2.41. The summed E-state index contributed by atoms with van der Waals surface area (Å²) in [6.45, 7) is 0.814. The second kappa shape index (κ2) is 6.60. The number of hydrogen-bond acceptors (Lipinski definition) is 4. The number of carbonyl (C=O) groups is 1. The zero-order chi connectivity index (χ0) is 19.2. The molecule has 2 aliphatic rings. The maximum Gasteiger partial charge on any atom is 0.255 e. The van der Waals surface area contributed by atoms with E-state index in [1.807, 2.05) is 0 Å². The van der Waals surface area contributed by atoms with Crippen LogP contribution in [0.25, 0.3) is 5.69 Å². The van der Waals surface area contributed by atoms with Crippen molar-refractivity contribution in [3.63, 3.8) is 0 Å². The van der Waals surface area contributed by atoms with Gasteiger partial charge in [-0.25, -0.2) is 12.8 Å². The molecule has 3 heterocycles. The molecular formula is C19H19FN2O4S. The van der Waals surface area contributed by atoms with Crippen molar-refractivity contribution >= 4 is 15.7 Å². The Balaban J connectivity index is 1.60. The van der Waals surface area contributed by atoms with E-state index >= 15 is 0 Å². The number of benzene rings is 1. The normalized spacial score (nSPS) is 21.1. The number of pyridine rings is 1. The number of sulfone groups is 1. The van der Waals surface area contributed by atoms with Crippen LogP contribution in [0.4, 0.5) is 4.39 Å². The highest BCUT2D eigenvalue weighted by Crippen LogP contribution is 2.25. The van der Waals surface area contributed by atoms with Crippen LogP contribution < -0.4 is 5.56 Å². The van der Waals surface area contributed by atoms with Crippen LogP contribution in [0, 0.1) is 11.7 Å². The van der Waals surface area contributed by atoms with Gasteiger partial charge in [0.15, 0.2) is 9.84 Å². The van der Waals surface area contributed by atoms with Gasteiger partial charge in [-0.1, -0.05) is 0 Å². The Labute approximate surface area is 156 Å². The zero-order valence-corrected chi connectivity index (χ0v) is 15.4. The van der Waals surface area contributed by atoms with Gasteiger partial charge >= 0.3 is 0 Å². The van der Waals surface area contributed by atoms with Crippen LogP contribution in [0.1, 0.15) is 17.5 Å². The number of fused-ring (bicyclic) bond motifs is 1. The van der Waals surface area contributed by atoms with Crippen molar-refractivity contribution in [2.45, 2.75) is 19.4 Å². The highest BCUT2D eigenvalue weighted by Gasteiger charge is 2.36. The van der Waals surface area contributed by atoms with Crippen molar-refractivity contribution < 1.29 is 17.6 Å². The summed E-state index contributed by atoms with van der Waals surface area (Å²) in [4.78, 5) is 26.8. The number of hydrogen-bond donors (Lipinski definition) is 0. The maximum absolute atomic E-state index is 13.1. The van der Waals surface area contributed by atoms with Gasteiger partial charge in [0.2, 0.25) is 5.91 Å². The molecular weight excluding hydrogens is 371 g/mol. The van der Waals surface area contributed by atoms with Gasteiger partial charge in [-0.3, -0.25) is 14.2 Å². The second-order valence-electron chi connectivity index (χ2n) is 7.12. The van der Waals surface area contributed by atoms with Crippen LogP contribution in [0.5, 0.6) is 0 Å². The number of amides is 1. The van der Waals surface area contributed by atoms with Crippen molar-refractivity contribution in [1.29, 1.82) is 0 Å². The fourth-order valence-electron chi connectivity index (χ4n) is 3.77. The molecule has 8 heteroatoms. The molecule has 1 aromatic carbocycles. The average molecular weight is 390 g/mol. The molecule has 0 aliphatic carbocycles. The summed E-state index contributed by atoms with van der Waals surface area (Å²) in [7, 11) is -3.12. The molecule has 0 radical (unpaired) electrons. The first-order chi connectivity index (χ1) is 12.8. The SMILES string of the molecule is O=C(C1CCS(=O)(=O)C1)N1CCc2cc(=O)n(-c3ccc(F)cc3)cc2C1. The van der Waals surface area contributed by atoms with E-state index in [-0.39, 0.29) is 28.8 Å². The van der Waals surface area contributed by atoms with E-state index in [9.17, 15) is 22.4 Å². The predicted octanol–water partition coefficient (Wildman–Crippen LogP) is 1.30. The molecule has 0 saturated carbocycles. The molecule has 27 heavy (non-hydrogen) atoms. The molecule has 1 unspecified atom stereocenters. The summed E-state index contributed by atoms with van der Waals surface area (Å²) < 4.78 is 37.9. The molecule has 0 N–H and O–H groups in total. The van der Waals surface area contributed by atoms with Crippen LogP contribution in [0.15, 0.2) is 41.3 Å². The van der Waals surface area contributed by atoms with Gasteiger partial charge in [0.05, 0.1) is 17.4 Å². The van der Waals surface area contributed by atoms with E-state index in [0.29, 0.717) is 31.6 Å². The first-order valence-electron chi connectivity index (χ1n) is 8.82. The Morgan fingerprint density at radius 1 is 1.15 bits per heavy atom. The lowest BCUT2D eigenvalue weighted by molar-refractivity contribution is -0.135. The topological polar surface area (TPSA) is 76.5 Å². The zero-order valence-electron chi connectivity index (χ0n) is 14.6. The Kier molecular flexibility index (Phi) is 4.38. The molecule has 4 rings (SSSR count). The average Bonchev–Trinajstić information content (AvgIpc) is 3.01. The minimum Gasteiger partial charge on any atom is -0.338 e. The highest BCUT2D eigenvalue weighted by molar-refractivity contribution is 7.91. The lowest BCUT2D eigenvalue weighted by atomic mass is 9.99. The van der Waals surface area contributed by atoms with Crippen molar-refractivity contribution in [2.75, 3.05) is 18.1 Å². The lowest BCUT2D eigenvalue weighted by Gasteiger charge is -2.31. The molecule has 0 bridgehead atoms. The summed E-state index contributed by atoms with van der Waals surface area (Å²) in [5, 5.41) is 0. The number of halogens is 1. The number of nitrogens with zero attached hydrogens (tertiary/aromatic N) is 2. The van der Waals surface area contributed by atoms with E-state index in [0.717, 1.165) is 11.1 Å². The van der Waals surface area contributed by atoms with Gasteiger partial charge in [-0.2, -0.15) is 0 Å². The highest BCUT2D eigenvalue weighted by atomic mass is 32.2. The first kappa shape index (κ1) is 17.9. The largest absolute Gasteiger partial charge is 0.338 e. The van der Waals surface area contributed by atoms with Gasteiger partial charge in [0.1, 0.15) is 5.82 Å². The minimum atomic E-state index is -3.12. The summed E-state index contributed by atoms with van der Waals surface area (Å²) in [6.07, 6.45) is 2.62. The smallest absolute Gasteiger partial charge is 0.255 e. The van der Waals surface area contributed by atoms with Crippen molar-refractivity contribution in [3.05, 3.63) is 63.8 Å². The third kappa shape index (κ3) is 3.53. The van der Waals surface area contributed by atoms with Crippen LogP contribution in [-0.2, 0) is 27.6 Å². The summed E-state index contributed by atoms with van der Waals surface area (Å²) >= 11 is 0. The summed E-state index contributed by atoms with van der Waals surface area (Å²) in [5.74, 6) is -1.00. The van der Waals surface area contributed by atoms with E-state index in [4.69, 9.17) is 0 Å². The Morgan fingerprint density at radius 2 is 1.89 bits per heavy atom. The number of carbonyl (C=O) groups excluding carboxylic acids is 1. The molecule has 6 nitrogen and oxygen atoms in total. The second-order valence-corrected chi connectivity index (χ2v) is 9.35. The van der Waals surface area contributed by atoms with Gasteiger partial charge in [-0.15, -0.1) is 0 Å². The summed E-state index contributed by atoms with van der Waals surface area (Å²) in [6, 6.07) is 7.19. The predicted molar refractivity (Wildman–Crippen MR) is 97.9 cm³/mol. The van der Waals surface area contributed by atoms with E-state index in [1.165, 1.54) is 28.8 Å². The van der Waals surface area contributed by atoms with Gasteiger partial charge < -0.3 is 4.90 Å². The van der Waals surface area contributed by atoms with Crippen molar-refractivity contribution in [3.8, 4) is 5.69 Å². The molecule has 1 saturated heterocycles. The number of rotatable bonds is 2. The molecule has 1 amide bonds. The standard InChI is InChI=1S/C19H19FN2O4S/c20-16-1-3-17(4-2-16)22-11-15-10-21(7-5-13(15)9-18(22)23)19(24)14-6-8-27(25,26)12-14/h1-4,9,11,14H,5-8,10,12H2. The van der Waals surface area contributed by atoms with Crippen molar-refractivity contribution in [1.82, 2.24) is 9.47 Å². The van der Waals surface area contributed by atoms with E-state index < -0.39 is 15.8 Å². The van der Waals surface area contributed by atoms with Crippen LogP contribution in [-0.4, -0.2) is 41.8 Å². The van der Waals surface area contributed by atoms with E-state index in [2.05, 4.69) is 0 Å². The Hall–Kier alpha value is -2.48. The summed E-state index contributed by atoms with van der Waals surface area (Å²) in [5.41, 5.74) is 2.08. The molecule has 142 valence electrons. The fourth-order valence-corrected chi connectivity index (χ4v) is 5.50.